The van der Waals surface area contributed by atoms with Gasteiger partial charge in [-0.2, -0.15) is 5.10 Å². The van der Waals surface area contributed by atoms with Crippen molar-refractivity contribution in [3.8, 4) is 0 Å². The number of nitrogens with zero attached hydrogens (tertiary/aromatic N) is 4. The maximum absolute atomic E-state index is 4.25. The second-order valence-corrected chi connectivity index (χ2v) is 6.32. The zero-order valence-corrected chi connectivity index (χ0v) is 13.4. The fourth-order valence-electron chi connectivity index (χ4n) is 3.32. The van der Waals surface area contributed by atoms with Crippen molar-refractivity contribution in [3.05, 3.63) is 48.8 Å². The van der Waals surface area contributed by atoms with E-state index in [1.807, 2.05) is 23.1 Å². The van der Waals surface area contributed by atoms with Gasteiger partial charge in [-0.3, -0.25) is 4.68 Å². The van der Waals surface area contributed by atoms with Gasteiger partial charge in [0.1, 0.15) is 0 Å². The van der Waals surface area contributed by atoms with Gasteiger partial charge >= 0.3 is 0 Å². The summed E-state index contributed by atoms with van der Waals surface area (Å²) in [6.07, 6.45) is 6.35. The Morgan fingerprint density at radius 2 is 2.09 bits per heavy atom. The highest BCUT2D eigenvalue weighted by Crippen LogP contribution is 2.23. The summed E-state index contributed by atoms with van der Waals surface area (Å²) >= 11 is 0. The fourth-order valence-corrected chi connectivity index (χ4v) is 3.32. The highest BCUT2D eigenvalue weighted by atomic mass is 15.3. The van der Waals surface area contributed by atoms with E-state index in [0.29, 0.717) is 0 Å². The van der Waals surface area contributed by atoms with Gasteiger partial charge in [0.2, 0.25) is 0 Å². The molecule has 1 atom stereocenters. The summed E-state index contributed by atoms with van der Waals surface area (Å²) in [7, 11) is 2.24. The Labute approximate surface area is 133 Å². The number of aryl methyl sites for hydroxylation is 1. The van der Waals surface area contributed by atoms with Gasteiger partial charge in [-0.15, -0.1) is 0 Å². The molecule has 1 saturated heterocycles. The lowest BCUT2D eigenvalue weighted by Crippen LogP contribution is -2.29. The standard InChI is InChI=1S/C18H26N4/c1-20(11-6-13-22-12-5-10-19-22)15-17-9-14-21(16-17)18-7-3-2-4-8-18/h2-5,7-8,10,12,17H,6,9,11,13-16H2,1H3. The topological polar surface area (TPSA) is 24.3 Å². The molecular formula is C18H26N4. The molecule has 0 bridgehead atoms. The summed E-state index contributed by atoms with van der Waals surface area (Å²) in [6.45, 7) is 5.73. The Hall–Kier alpha value is -1.81. The number of para-hydroxylation sites is 1. The molecular weight excluding hydrogens is 272 g/mol. The molecule has 0 aliphatic carbocycles. The van der Waals surface area contributed by atoms with Crippen LogP contribution in [0.15, 0.2) is 48.8 Å². The Kier molecular flexibility index (Phi) is 5.11. The van der Waals surface area contributed by atoms with Gasteiger partial charge < -0.3 is 9.80 Å². The predicted molar refractivity (Wildman–Crippen MR) is 91.1 cm³/mol. The molecule has 0 N–H and O–H groups in total. The van der Waals surface area contributed by atoms with Crippen molar-refractivity contribution in [3.63, 3.8) is 0 Å². The Balaban J connectivity index is 1.38. The van der Waals surface area contributed by atoms with E-state index in [1.54, 1.807) is 0 Å². The lowest BCUT2D eigenvalue weighted by Gasteiger charge is -2.22. The van der Waals surface area contributed by atoms with Crippen LogP contribution in [0.3, 0.4) is 0 Å². The SMILES string of the molecule is CN(CCCn1cccn1)CC1CCN(c2ccccc2)C1. The minimum Gasteiger partial charge on any atom is -0.371 e. The van der Waals surface area contributed by atoms with Gasteiger partial charge in [-0.25, -0.2) is 0 Å². The monoisotopic (exact) mass is 298 g/mol. The molecule has 0 radical (unpaired) electrons. The molecule has 1 aromatic heterocycles. The number of hydrogen-bond donors (Lipinski definition) is 0. The average molecular weight is 298 g/mol. The smallest absolute Gasteiger partial charge is 0.0489 e. The largest absolute Gasteiger partial charge is 0.371 e. The van der Waals surface area contributed by atoms with Crippen LogP contribution in [0.1, 0.15) is 12.8 Å². The van der Waals surface area contributed by atoms with E-state index in [1.165, 1.54) is 31.7 Å². The number of benzene rings is 1. The second kappa shape index (κ2) is 7.45. The van der Waals surface area contributed by atoms with Crippen molar-refractivity contribution >= 4 is 5.69 Å². The number of aromatic nitrogens is 2. The van der Waals surface area contributed by atoms with Gasteiger partial charge in [0.15, 0.2) is 0 Å². The minimum absolute atomic E-state index is 0.787. The lowest BCUT2D eigenvalue weighted by atomic mass is 10.1. The molecule has 4 heteroatoms. The predicted octanol–water partition coefficient (Wildman–Crippen LogP) is 2.73. The van der Waals surface area contributed by atoms with E-state index in [0.717, 1.165) is 25.4 Å². The molecule has 3 rings (SSSR count). The average Bonchev–Trinajstić information content (AvgIpc) is 3.20. The molecule has 0 amide bonds. The molecule has 0 saturated carbocycles. The zero-order valence-electron chi connectivity index (χ0n) is 13.4. The maximum Gasteiger partial charge on any atom is 0.0489 e. The molecule has 2 heterocycles. The van der Waals surface area contributed by atoms with Crippen molar-refractivity contribution in [1.29, 1.82) is 0 Å². The third-order valence-electron chi connectivity index (χ3n) is 4.46. The van der Waals surface area contributed by atoms with E-state index in [2.05, 4.69) is 52.3 Å². The summed E-state index contributed by atoms with van der Waals surface area (Å²) in [4.78, 5) is 4.99. The molecule has 2 aromatic rings. The van der Waals surface area contributed by atoms with Gasteiger partial charge in [-0.1, -0.05) is 18.2 Å². The van der Waals surface area contributed by atoms with Gasteiger partial charge in [0.25, 0.3) is 0 Å². The molecule has 118 valence electrons. The van der Waals surface area contributed by atoms with E-state index in [9.17, 15) is 0 Å². The van der Waals surface area contributed by atoms with Crippen molar-refractivity contribution in [2.45, 2.75) is 19.4 Å². The fraction of sp³-hybridized carbons (Fsp3) is 0.500. The first-order valence-corrected chi connectivity index (χ1v) is 8.27. The van der Waals surface area contributed by atoms with Crippen LogP contribution in [0.5, 0.6) is 0 Å². The summed E-state index contributed by atoms with van der Waals surface area (Å²) in [5, 5.41) is 4.25. The summed E-state index contributed by atoms with van der Waals surface area (Å²) in [5.74, 6) is 0.787. The molecule has 1 aromatic carbocycles. The molecule has 1 aliphatic heterocycles. The van der Waals surface area contributed by atoms with Crippen molar-refractivity contribution in [2.24, 2.45) is 5.92 Å². The maximum atomic E-state index is 4.25. The van der Waals surface area contributed by atoms with Crippen LogP contribution in [0.4, 0.5) is 5.69 Å². The van der Waals surface area contributed by atoms with Crippen LogP contribution in [0, 0.1) is 5.92 Å². The summed E-state index contributed by atoms with van der Waals surface area (Å²) in [5.41, 5.74) is 1.37. The molecule has 0 spiro atoms. The van der Waals surface area contributed by atoms with Crippen LogP contribution in [-0.4, -0.2) is 47.9 Å². The van der Waals surface area contributed by atoms with Crippen molar-refractivity contribution in [2.75, 3.05) is 38.1 Å². The quantitative estimate of drug-likeness (QED) is 0.785. The highest BCUT2D eigenvalue weighted by Gasteiger charge is 2.23. The first-order valence-electron chi connectivity index (χ1n) is 8.27. The van der Waals surface area contributed by atoms with Crippen LogP contribution in [-0.2, 0) is 6.54 Å². The van der Waals surface area contributed by atoms with Crippen LogP contribution < -0.4 is 4.90 Å². The Morgan fingerprint density at radius 1 is 1.23 bits per heavy atom. The molecule has 22 heavy (non-hydrogen) atoms. The highest BCUT2D eigenvalue weighted by molar-refractivity contribution is 5.46. The summed E-state index contributed by atoms with van der Waals surface area (Å²) in [6, 6.07) is 12.8. The van der Waals surface area contributed by atoms with E-state index < -0.39 is 0 Å². The first-order chi connectivity index (χ1) is 10.8. The van der Waals surface area contributed by atoms with Crippen LogP contribution in [0.2, 0.25) is 0 Å². The van der Waals surface area contributed by atoms with Gasteiger partial charge in [0, 0.05) is 44.3 Å². The number of rotatable bonds is 7. The summed E-state index contributed by atoms with van der Waals surface area (Å²) < 4.78 is 2.01. The first kappa shape index (κ1) is 15.1. The molecule has 1 fully saturated rings. The van der Waals surface area contributed by atoms with E-state index >= 15 is 0 Å². The third-order valence-corrected chi connectivity index (χ3v) is 4.46. The molecule has 4 nitrogen and oxygen atoms in total. The van der Waals surface area contributed by atoms with Gasteiger partial charge in [0.05, 0.1) is 0 Å². The van der Waals surface area contributed by atoms with Crippen LogP contribution >= 0.6 is 0 Å². The van der Waals surface area contributed by atoms with E-state index in [-0.39, 0.29) is 0 Å². The van der Waals surface area contributed by atoms with Crippen molar-refractivity contribution in [1.82, 2.24) is 14.7 Å². The van der Waals surface area contributed by atoms with E-state index in [4.69, 9.17) is 0 Å². The Morgan fingerprint density at radius 3 is 2.86 bits per heavy atom. The lowest BCUT2D eigenvalue weighted by molar-refractivity contribution is 0.276. The number of hydrogen-bond acceptors (Lipinski definition) is 3. The zero-order chi connectivity index (χ0) is 15.2. The normalized spacial score (nSPS) is 18.3. The van der Waals surface area contributed by atoms with Gasteiger partial charge in [-0.05, 0) is 50.6 Å². The Bertz CT molecular complexity index is 537. The molecule has 1 aliphatic rings. The third kappa shape index (κ3) is 4.10. The molecule has 1 unspecified atom stereocenters. The minimum atomic E-state index is 0.787. The van der Waals surface area contributed by atoms with Crippen LogP contribution in [0.25, 0.3) is 0 Å². The number of anilines is 1. The second-order valence-electron chi connectivity index (χ2n) is 6.32. The van der Waals surface area contributed by atoms with Crippen molar-refractivity contribution < 1.29 is 0 Å².